The Morgan fingerprint density at radius 2 is 1.92 bits per heavy atom. The van der Waals surface area contributed by atoms with Gasteiger partial charge in [-0.1, -0.05) is 0 Å². The lowest BCUT2D eigenvalue weighted by atomic mass is 10.1. The number of nitrogens with zero attached hydrogens (tertiary/aromatic N) is 4. The Bertz CT molecular complexity index is 529. The van der Waals surface area contributed by atoms with Gasteiger partial charge in [-0.2, -0.15) is 0 Å². The molecule has 2 N–H and O–H groups in total. The fourth-order valence-electron chi connectivity index (χ4n) is 3.30. The standard InChI is InChI=1S/C17H28N6O2/c1-14(22-9-11-25-12-10-22)13-20-17(24)21-15-3-7-23(8-4-15)16-18-5-2-6-19-16/h2,5-6,14-15H,3-4,7-13H2,1H3,(H2,20,21,24)/t14-/m0/s1. The van der Waals surface area contributed by atoms with Crippen LogP contribution in [0.1, 0.15) is 19.8 Å². The van der Waals surface area contributed by atoms with Crippen molar-refractivity contribution in [2.24, 2.45) is 0 Å². The number of morpholine rings is 1. The van der Waals surface area contributed by atoms with Gasteiger partial charge in [0.2, 0.25) is 5.95 Å². The van der Waals surface area contributed by atoms with Gasteiger partial charge in [-0.15, -0.1) is 0 Å². The van der Waals surface area contributed by atoms with Crippen LogP contribution in [0.15, 0.2) is 18.5 Å². The Morgan fingerprint density at radius 1 is 1.24 bits per heavy atom. The highest BCUT2D eigenvalue weighted by molar-refractivity contribution is 5.74. The first kappa shape index (κ1) is 17.9. The summed E-state index contributed by atoms with van der Waals surface area (Å²) in [6.07, 6.45) is 5.33. The lowest BCUT2D eigenvalue weighted by Gasteiger charge is -2.33. The monoisotopic (exact) mass is 348 g/mol. The van der Waals surface area contributed by atoms with E-state index < -0.39 is 0 Å². The van der Waals surface area contributed by atoms with Crippen molar-refractivity contribution >= 4 is 12.0 Å². The maximum absolute atomic E-state index is 12.1. The molecule has 2 aliphatic rings. The molecule has 8 heteroatoms. The normalized spacial score (nSPS) is 20.9. The number of carbonyl (C=O) groups is 1. The Kier molecular flexibility index (Phi) is 6.41. The number of carbonyl (C=O) groups excluding carboxylic acids is 1. The lowest BCUT2D eigenvalue weighted by molar-refractivity contribution is 0.0209. The van der Waals surface area contributed by atoms with Crippen LogP contribution in [-0.4, -0.2) is 78.9 Å². The van der Waals surface area contributed by atoms with E-state index >= 15 is 0 Å². The second kappa shape index (κ2) is 8.96. The van der Waals surface area contributed by atoms with E-state index in [1.54, 1.807) is 12.4 Å². The maximum atomic E-state index is 12.1. The molecule has 2 amide bonds. The quantitative estimate of drug-likeness (QED) is 0.805. The zero-order chi connectivity index (χ0) is 17.5. The van der Waals surface area contributed by atoms with Crippen molar-refractivity contribution in [2.45, 2.75) is 31.8 Å². The molecular weight excluding hydrogens is 320 g/mol. The third-order valence-corrected chi connectivity index (χ3v) is 4.89. The van der Waals surface area contributed by atoms with Gasteiger partial charge in [0.1, 0.15) is 0 Å². The van der Waals surface area contributed by atoms with E-state index in [0.717, 1.165) is 58.2 Å². The van der Waals surface area contributed by atoms with Crippen molar-refractivity contribution < 1.29 is 9.53 Å². The molecule has 0 bridgehead atoms. The summed E-state index contributed by atoms with van der Waals surface area (Å²) in [5.74, 6) is 0.768. The van der Waals surface area contributed by atoms with Crippen molar-refractivity contribution in [3.63, 3.8) is 0 Å². The van der Waals surface area contributed by atoms with Gasteiger partial charge in [-0.3, -0.25) is 4.90 Å². The molecule has 1 aromatic heterocycles. The van der Waals surface area contributed by atoms with Gasteiger partial charge in [-0.05, 0) is 25.8 Å². The van der Waals surface area contributed by atoms with Gasteiger partial charge in [0.25, 0.3) is 0 Å². The van der Waals surface area contributed by atoms with Crippen LogP contribution >= 0.6 is 0 Å². The summed E-state index contributed by atoms with van der Waals surface area (Å²) in [6.45, 7) is 7.94. The van der Waals surface area contributed by atoms with Gasteiger partial charge in [0.05, 0.1) is 13.2 Å². The molecule has 8 nitrogen and oxygen atoms in total. The molecule has 25 heavy (non-hydrogen) atoms. The van der Waals surface area contributed by atoms with Crippen LogP contribution in [0.2, 0.25) is 0 Å². The Labute approximate surface area is 148 Å². The van der Waals surface area contributed by atoms with Crippen molar-refractivity contribution in [3.05, 3.63) is 18.5 Å². The third kappa shape index (κ3) is 5.27. The van der Waals surface area contributed by atoms with Crippen LogP contribution in [0.3, 0.4) is 0 Å². The van der Waals surface area contributed by atoms with E-state index in [9.17, 15) is 4.79 Å². The molecule has 0 unspecified atom stereocenters. The zero-order valence-corrected chi connectivity index (χ0v) is 14.9. The molecular formula is C17H28N6O2. The molecule has 0 spiro atoms. The van der Waals surface area contributed by atoms with E-state index in [2.05, 4.69) is 37.3 Å². The van der Waals surface area contributed by atoms with Gasteiger partial charge in [0, 0.05) is 57.2 Å². The van der Waals surface area contributed by atoms with Crippen molar-refractivity contribution in [3.8, 4) is 0 Å². The molecule has 3 rings (SSSR count). The van der Waals surface area contributed by atoms with Crippen molar-refractivity contribution in [2.75, 3.05) is 50.8 Å². The molecule has 2 saturated heterocycles. The Hall–Kier alpha value is -1.93. The van der Waals surface area contributed by atoms with E-state index in [-0.39, 0.29) is 12.1 Å². The molecule has 0 aromatic carbocycles. The topological polar surface area (TPSA) is 82.6 Å². The number of aromatic nitrogens is 2. The molecule has 0 saturated carbocycles. The minimum absolute atomic E-state index is 0.0745. The number of urea groups is 1. The summed E-state index contributed by atoms with van der Waals surface area (Å²) < 4.78 is 5.36. The molecule has 2 fully saturated rings. The number of hydrogen-bond acceptors (Lipinski definition) is 6. The van der Waals surface area contributed by atoms with Gasteiger partial charge in [-0.25, -0.2) is 14.8 Å². The largest absolute Gasteiger partial charge is 0.379 e. The van der Waals surface area contributed by atoms with Crippen LogP contribution in [0.5, 0.6) is 0 Å². The third-order valence-electron chi connectivity index (χ3n) is 4.89. The molecule has 0 radical (unpaired) electrons. The van der Waals surface area contributed by atoms with Gasteiger partial charge >= 0.3 is 6.03 Å². The van der Waals surface area contributed by atoms with E-state index in [1.165, 1.54) is 0 Å². The number of piperidine rings is 1. The van der Waals surface area contributed by atoms with Crippen LogP contribution in [0.4, 0.5) is 10.7 Å². The summed E-state index contributed by atoms with van der Waals surface area (Å²) in [4.78, 5) is 25.2. The van der Waals surface area contributed by atoms with Crippen LogP contribution in [0.25, 0.3) is 0 Å². The van der Waals surface area contributed by atoms with Crippen molar-refractivity contribution in [1.29, 1.82) is 0 Å². The first-order valence-corrected chi connectivity index (χ1v) is 9.10. The smallest absolute Gasteiger partial charge is 0.315 e. The zero-order valence-electron chi connectivity index (χ0n) is 14.9. The fraction of sp³-hybridized carbons (Fsp3) is 0.706. The minimum atomic E-state index is -0.0745. The second-order valence-corrected chi connectivity index (χ2v) is 6.66. The molecule has 3 heterocycles. The highest BCUT2D eigenvalue weighted by atomic mass is 16.5. The van der Waals surface area contributed by atoms with Crippen LogP contribution in [0, 0.1) is 0 Å². The number of nitrogens with one attached hydrogen (secondary N) is 2. The van der Waals surface area contributed by atoms with Crippen LogP contribution in [-0.2, 0) is 4.74 Å². The SMILES string of the molecule is C[C@@H](CNC(=O)NC1CCN(c2ncccn2)CC1)N1CCOCC1. The molecule has 2 aliphatic heterocycles. The molecule has 138 valence electrons. The average Bonchev–Trinajstić information content (AvgIpc) is 2.68. The average molecular weight is 348 g/mol. The number of amides is 2. The summed E-state index contributed by atoms with van der Waals surface area (Å²) in [5, 5.41) is 6.09. The highest BCUT2D eigenvalue weighted by Crippen LogP contribution is 2.15. The minimum Gasteiger partial charge on any atom is -0.379 e. The summed E-state index contributed by atoms with van der Waals surface area (Å²) >= 11 is 0. The fourth-order valence-corrected chi connectivity index (χ4v) is 3.30. The van der Waals surface area contributed by atoms with Gasteiger partial charge in [0.15, 0.2) is 0 Å². The highest BCUT2D eigenvalue weighted by Gasteiger charge is 2.23. The summed E-state index contributed by atoms with van der Waals surface area (Å²) in [5.41, 5.74) is 0. The van der Waals surface area contributed by atoms with Gasteiger partial charge < -0.3 is 20.3 Å². The lowest BCUT2D eigenvalue weighted by Crippen LogP contribution is -2.51. The Morgan fingerprint density at radius 3 is 2.60 bits per heavy atom. The van der Waals surface area contributed by atoms with E-state index in [0.29, 0.717) is 12.6 Å². The molecule has 0 aliphatic carbocycles. The first-order chi connectivity index (χ1) is 12.2. The molecule has 1 aromatic rings. The van der Waals surface area contributed by atoms with Crippen molar-refractivity contribution in [1.82, 2.24) is 25.5 Å². The molecule has 1 atom stereocenters. The Balaban J connectivity index is 1.35. The first-order valence-electron chi connectivity index (χ1n) is 9.10. The number of hydrogen-bond donors (Lipinski definition) is 2. The summed E-state index contributed by atoms with van der Waals surface area (Å²) in [6, 6.07) is 2.28. The maximum Gasteiger partial charge on any atom is 0.315 e. The van der Waals surface area contributed by atoms with Crippen LogP contribution < -0.4 is 15.5 Å². The number of rotatable bonds is 5. The number of ether oxygens (including phenoxy) is 1. The predicted octanol–water partition coefficient (Wildman–Crippen LogP) is 0.465. The number of anilines is 1. The predicted molar refractivity (Wildman–Crippen MR) is 95.7 cm³/mol. The second-order valence-electron chi connectivity index (χ2n) is 6.66. The van der Waals surface area contributed by atoms with E-state index in [4.69, 9.17) is 4.74 Å². The summed E-state index contributed by atoms with van der Waals surface area (Å²) in [7, 11) is 0. The van der Waals surface area contributed by atoms with E-state index in [1.807, 2.05) is 6.07 Å².